The monoisotopic (exact) mass is 280 g/mol. The number of rotatable bonds is 4. The summed E-state index contributed by atoms with van der Waals surface area (Å²) in [4.78, 5) is 22.5. The molecule has 0 amide bonds. The summed E-state index contributed by atoms with van der Waals surface area (Å²) in [6.07, 6.45) is -0.884. The first-order valence-electron chi connectivity index (χ1n) is 4.61. The summed E-state index contributed by atoms with van der Waals surface area (Å²) >= 11 is 11.3. The lowest BCUT2D eigenvalue weighted by Crippen LogP contribution is -2.26. The zero-order chi connectivity index (χ0) is 13.2. The van der Waals surface area contributed by atoms with Gasteiger partial charge in [0.2, 0.25) is 5.78 Å². The number of halogens is 4. The number of hydrogen-bond acceptors (Lipinski definition) is 2. The van der Waals surface area contributed by atoms with Crippen LogP contribution in [0.25, 0.3) is 0 Å². The molecule has 0 saturated carbocycles. The lowest BCUT2D eigenvalue weighted by Gasteiger charge is -2.08. The van der Waals surface area contributed by atoms with E-state index in [-0.39, 0.29) is 10.6 Å². The molecule has 0 N–H and O–H groups in total. The van der Waals surface area contributed by atoms with E-state index in [0.717, 1.165) is 0 Å². The van der Waals surface area contributed by atoms with Crippen molar-refractivity contribution in [2.45, 2.75) is 19.3 Å². The van der Waals surface area contributed by atoms with E-state index in [9.17, 15) is 18.4 Å². The van der Waals surface area contributed by atoms with Gasteiger partial charge in [0.15, 0.2) is 5.78 Å². The number of Topliss-reactive ketones (excluding diaryl/α,β-unsaturated/α-hetero) is 2. The molecule has 1 aromatic rings. The molecule has 0 aliphatic rings. The summed E-state index contributed by atoms with van der Waals surface area (Å²) in [5, 5.41) is 0.355. The lowest BCUT2D eigenvalue weighted by molar-refractivity contribution is -0.139. The molecule has 92 valence electrons. The fourth-order valence-electron chi connectivity index (χ4n) is 1.11. The van der Waals surface area contributed by atoms with E-state index >= 15 is 0 Å². The molecule has 0 saturated heterocycles. The molecule has 1 rings (SSSR count). The first-order valence-corrected chi connectivity index (χ1v) is 5.37. The van der Waals surface area contributed by atoms with Crippen molar-refractivity contribution in [1.82, 2.24) is 0 Å². The van der Waals surface area contributed by atoms with Gasteiger partial charge in [-0.15, -0.1) is 0 Å². The van der Waals surface area contributed by atoms with Crippen molar-refractivity contribution in [1.29, 1.82) is 0 Å². The minimum atomic E-state index is -3.52. The molecule has 0 bridgehead atoms. The van der Waals surface area contributed by atoms with E-state index in [2.05, 4.69) is 0 Å². The minimum absolute atomic E-state index is 0.00802. The standard InChI is InChI=1S/C11H8Cl2F2O2/c1-11(14,15)10(17)5-9(16)7-3-2-6(12)4-8(7)13/h2-4H,5H2,1H3. The Morgan fingerprint density at radius 3 is 2.35 bits per heavy atom. The van der Waals surface area contributed by atoms with Crippen LogP contribution in [-0.4, -0.2) is 17.5 Å². The van der Waals surface area contributed by atoms with Gasteiger partial charge in [0.25, 0.3) is 0 Å². The molecular weight excluding hydrogens is 273 g/mol. The molecular formula is C11H8Cl2F2O2. The molecule has 0 heterocycles. The quantitative estimate of drug-likeness (QED) is 0.621. The normalized spacial score (nSPS) is 11.4. The summed E-state index contributed by atoms with van der Waals surface area (Å²) in [7, 11) is 0. The molecule has 17 heavy (non-hydrogen) atoms. The molecule has 0 unspecified atom stereocenters. The average Bonchev–Trinajstić information content (AvgIpc) is 2.15. The third-order valence-corrected chi connectivity index (χ3v) is 2.59. The highest BCUT2D eigenvalue weighted by Crippen LogP contribution is 2.23. The van der Waals surface area contributed by atoms with Crippen LogP contribution in [0.15, 0.2) is 18.2 Å². The third kappa shape index (κ3) is 3.75. The second kappa shape index (κ2) is 5.10. The van der Waals surface area contributed by atoms with Crippen LogP contribution in [0, 0.1) is 0 Å². The molecule has 6 heteroatoms. The van der Waals surface area contributed by atoms with Crippen LogP contribution in [0.3, 0.4) is 0 Å². The number of hydrogen-bond donors (Lipinski definition) is 0. The second-order valence-corrected chi connectivity index (χ2v) is 4.38. The minimum Gasteiger partial charge on any atom is -0.294 e. The fraction of sp³-hybridized carbons (Fsp3) is 0.273. The van der Waals surface area contributed by atoms with Crippen LogP contribution in [0.1, 0.15) is 23.7 Å². The summed E-state index contributed by atoms with van der Waals surface area (Å²) in [5.74, 6) is -5.71. The van der Waals surface area contributed by atoms with Gasteiger partial charge in [-0.05, 0) is 18.2 Å². The number of carbonyl (C=O) groups is 2. The maximum atomic E-state index is 12.6. The Morgan fingerprint density at radius 2 is 1.88 bits per heavy atom. The highest BCUT2D eigenvalue weighted by molar-refractivity contribution is 6.37. The molecule has 0 spiro atoms. The van der Waals surface area contributed by atoms with E-state index < -0.39 is 23.9 Å². The molecule has 0 aliphatic carbocycles. The van der Waals surface area contributed by atoms with Gasteiger partial charge in [0.1, 0.15) is 0 Å². The Morgan fingerprint density at radius 1 is 1.29 bits per heavy atom. The molecule has 1 aromatic carbocycles. The number of benzene rings is 1. The van der Waals surface area contributed by atoms with Crippen molar-refractivity contribution in [3.63, 3.8) is 0 Å². The Hall–Kier alpha value is -1.000. The summed E-state index contributed by atoms with van der Waals surface area (Å²) in [6.45, 7) is 0.450. The SMILES string of the molecule is CC(F)(F)C(=O)CC(=O)c1ccc(Cl)cc1Cl. The predicted octanol–water partition coefficient (Wildman–Crippen LogP) is 3.79. The first-order chi connectivity index (χ1) is 7.71. The Kier molecular flexibility index (Phi) is 4.22. The van der Waals surface area contributed by atoms with E-state index in [1.165, 1.54) is 18.2 Å². The van der Waals surface area contributed by atoms with Gasteiger partial charge in [-0.25, -0.2) is 0 Å². The van der Waals surface area contributed by atoms with Crippen LogP contribution in [0.5, 0.6) is 0 Å². The van der Waals surface area contributed by atoms with Gasteiger partial charge in [-0.2, -0.15) is 8.78 Å². The van der Waals surface area contributed by atoms with Crippen LogP contribution >= 0.6 is 23.2 Å². The van der Waals surface area contributed by atoms with Crippen LogP contribution in [0.2, 0.25) is 10.0 Å². The molecule has 0 aromatic heterocycles. The van der Waals surface area contributed by atoms with Crippen molar-refractivity contribution in [2.24, 2.45) is 0 Å². The van der Waals surface area contributed by atoms with Gasteiger partial charge < -0.3 is 0 Å². The van der Waals surface area contributed by atoms with Crippen LogP contribution in [0.4, 0.5) is 8.78 Å². The summed E-state index contributed by atoms with van der Waals surface area (Å²) in [6, 6.07) is 4.01. The van der Waals surface area contributed by atoms with Gasteiger partial charge in [-0.1, -0.05) is 23.2 Å². The molecule has 0 fully saturated rings. The molecule has 0 radical (unpaired) electrons. The van der Waals surface area contributed by atoms with Crippen molar-refractivity contribution in [3.8, 4) is 0 Å². The summed E-state index contributed by atoms with van der Waals surface area (Å²) < 4.78 is 25.2. The maximum Gasteiger partial charge on any atom is 0.303 e. The first kappa shape index (κ1) is 14.1. The highest BCUT2D eigenvalue weighted by Gasteiger charge is 2.33. The van der Waals surface area contributed by atoms with Gasteiger partial charge in [-0.3, -0.25) is 9.59 Å². The number of ketones is 2. The largest absolute Gasteiger partial charge is 0.303 e. The Labute approximate surface area is 107 Å². The third-order valence-electron chi connectivity index (χ3n) is 2.04. The van der Waals surface area contributed by atoms with Gasteiger partial charge >= 0.3 is 5.92 Å². The maximum absolute atomic E-state index is 12.6. The number of carbonyl (C=O) groups excluding carboxylic acids is 2. The van der Waals surface area contributed by atoms with E-state index in [0.29, 0.717) is 11.9 Å². The predicted molar refractivity (Wildman–Crippen MR) is 61.0 cm³/mol. The number of alkyl halides is 2. The molecule has 2 nitrogen and oxygen atoms in total. The Balaban J connectivity index is 2.88. The zero-order valence-electron chi connectivity index (χ0n) is 8.77. The van der Waals surface area contributed by atoms with Crippen molar-refractivity contribution < 1.29 is 18.4 Å². The Bertz CT molecular complexity index is 467. The average molecular weight is 281 g/mol. The fourth-order valence-corrected chi connectivity index (χ4v) is 1.63. The van der Waals surface area contributed by atoms with Gasteiger partial charge in [0, 0.05) is 17.5 Å². The smallest absolute Gasteiger partial charge is 0.294 e. The van der Waals surface area contributed by atoms with E-state index in [4.69, 9.17) is 23.2 Å². The second-order valence-electron chi connectivity index (χ2n) is 3.54. The van der Waals surface area contributed by atoms with E-state index in [1.54, 1.807) is 0 Å². The molecule has 0 atom stereocenters. The van der Waals surface area contributed by atoms with Crippen LogP contribution < -0.4 is 0 Å². The van der Waals surface area contributed by atoms with Gasteiger partial charge in [0.05, 0.1) is 11.4 Å². The van der Waals surface area contributed by atoms with Crippen molar-refractivity contribution in [3.05, 3.63) is 33.8 Å². The summed E-state index contributed by atoms with van der Waals surface area (Å²) in [5.41, 5.74) is 0.00802. The lowest BCUT2D eigenvalue weighted by atomic mass is 10.0. The topological polar surface area (TPSA) is 34.1 Å². The molecule has 0 aliphatic heterocycles. The van der Waals surface area contributed by atoms with Crippen molar-refractivity contribution >= 4 is 34.8 Å². The van der Waals surface area contributed by atoms with Crippen molar-refractivity contribution in [2.75, 3.05) is 0 Å². The van der Waals surface area contributed by atoms with Crippen LogP contribution in [-0.2, 0) is 4.79 Å². The highest BCUT2D eigenvalue weighted by atomic mass is 35.5. The van der Waals surface area contributed by atoms with E-state index in [1.807, 2.05) is 0 Å². The zero-order valence-corrected chi connectivity index (χ0v) is 10.3.